The van der Waals surface area contributed by atoms with Crippen LogP contribution < -0.4 is 4.90 Å². The van der Waals surface area contributed by atoms with E-state index in [2.05, 4.69) is 15.5 Å². The molecule has 4 rings (SSSR count). The summed E-state index contributed by atoms with van der Waals surface area (Å²) in [5.41, 5.74) is 3.12. The summed E-state index contributed by atoms with van der Waals surface area (Å²) in [5.74, 6) is 1.14. The maximum Gasteiger partial charge on any atom is 0.206 e. The third-order valence-electron chi connectivity index (χ3n) is 5.04. The minimum absolute atomic E-state index is 0.217. The molecular formula is C20H22FN3O. The van der Waals surface area contributed by atoms with E-state index in [4.69, 9.17) is 4.98 Å². The molecule has 1 aromatic heterocycles. The van der Waals surface area contributed by atoms with Crippen molar-refractivity contribution in [1.82, 2.24) is 9.55 Å². The molecule has 1 N–H and O–H groups in total. The lowest BCUT2D eigenvalue weighted by Gasteiger charge is -2.32. The second kappa shape index (κ2) is 6.84. The Kier molecular flexibility index (Phi) is 4.40. The fourth-order valence-corrected chi connectivity index (χ4v) is 3.55. The van der Waals surface area contributed by atoms with Crippen molar-refractivity contribution in [3.8, 4) is 0 Å². The van der Waals surface area contributed by atoms with E-state index in [-0.39, 0.29) is 12.4 Å². The van der Waals surface area contributed by atoms with Crippen molar-refractivity contribution in [1.29, 1.82) is 0 Å². The second-order valence-corrected chi connectivity index (χ2v) is 6.73. The van der Waals surface area contributed by atoms with Crippen molar-refractivity contribution in [3.63, 3.8) is 0 Å². The summed E-state index contributed by atoms with van der Waals surface area (Å²) < 4.78 is 15.4. The molecule has 1 aliphatic heterocycles. The summed E-state index contributed by atoms with van der Waals surface area (Å²) in [6.45, 7) is 2.73. The largest absolute Gasteiger partial charge is 0.396 e. The topological polar surface area (TPSA) is 41.3 Å². The molecule has 0 saturated carbocycles. The molecule has 4 nitrogen and oxygen atoms in total. The average Bonchev–Trinajstić information content (AvgIpc) is 3.02. The molecule has 1 saturated heterocycles. The third kappa shape index (κ3) is 3.24. The van der Waals surface area contributed by atoms with Gasteiger partial charge in [0.05, 0.1) is 17.6 Å². The zero-order valence-corrected chi connectivity index (χ0v) is 14.1. The molecule has 0 atom stereocenters. The van der Waals surface area contributed by atoms with Crippen molar-refractivity contribution in [2.45, 2.75) is 19.4 Å². The third-order valence-corrected chi connectivity index (χ3v) is 5.04. The van der Waals surface area contributed by atoms with Gasteiger partial charge in [0.15, 0.2) is 0 Å². The highest BCUT2D eigenvalue weighted by molar-refractivity contribution is 5.79. The van der Waals surface area contributed by atoms with Gasteiger partial charge in [0.1, 0.15) is 5.82 Å². The summed E-state index contributed by atoms with van der Waals surface area (Å²) in [5, 5.41) is 9.36. The minimum atomic E-state index is -0.217. The van der Waals surface area contributed by atoms with Crippen molar-refractivity contribution < 1.29 is 9.50 Å². The van der Waals surface area contributed by atoms with E-state index in [9.17, 15) is 9.50 Å². The van der Waals surface area contributed by atoms with Gasteiger partial charge in [-0.2, -0.15) is 0 Å². The number of aromatic nitrogens is 2. The SMILES string of the molecule is OCC1CCN(c2nc3ccccc3n2Cc2ccc(F)cc2)CC1. The Morgan fingerprint density at radius 2 is 1.76 bits per heavy atom. The fourth-order valence-electron chi connectivity index (χ4n) is 3.55. The lowest BCUT2D eigenvalue weighted by Crippen LogP contribution is -2.36. The molecule has 130 valence electrons. The van der Waals surface area contributed by atoms with E-state index in [0.29, 0.717) is 12.5 Å². The molecule has 3 aromatic rings. The Labute approximate surface area is 146 Å². The Bertz CT molecular complexity index is 851. The maximum absolute atomic E-state index is 13.2. The van der Waals surface area contributed by atoms with Crippen LogP contribution in [0.25, 0.3) is 11.0 Å². The van der Waals surface area contributed by atoms with E-state index in [1.165, 1.54) is 12.1 Å². The van der Waals surface area contributed by atoms with Crippen LogP contribution in [0.3, 0.4) is 0 Å². The number of para-hydroxylation sites is 2. The number of benzene rings is 2. The van der Waals surface area contributed by atoms with Gasteiger partial charge in [-0.3, -0.25) is 0 Å². The number of aliphatic hydroxyl groups excluding tert-OH is 1. The van der Waals surface area contributed by atoms with Gasteiger partial charge in [-0.25, -0.2) is 9.37 Å². The van der Waals surface area contributed by atoms with Crippen LogP contribution in [-0.2, 0) is 6.54 Å². The highest BCUT2D eigenvalue weighted by atomic mass is 19.1. The van der Waals surface area contributed by atoms with Crippen LogP contribution in [0.1, 0.15) is 18.4 Å². The summed E-state index contributed by atoms with van der Waals surface area (Å²) in [6, 6.07) is 14.8. The van der Waals surface area contributed by atoms with Gasteiger partial charge in [-0.15, -0.1) is 0 Å². The van der Waals surface area contributed by atoms with Crippen LogP contribution in [0.4, 0.5) is 10.3 Å². The summed E-state index contributed by atoms with van der Waals surface area (Å²) in [4.78, 5) is 7.15. The Morgan fingerprint density at radius 1 is 1.04 bits per heavy atom. The summed E-state index contributed by atoms with van der Waals surface area (Å²) >= 11 is 0. The number of hydrogen-bond donors (Lipinski definition) is 1. The Balaban J connectivity index is 1.69. The quantitative estimate of drug-likeness (QED) is 0.792. The normalized spacial score (nSPS) is 15.8. The molecule has 0 amide bonds. The Morgan fingerprint density at radius 3 is 2.48 bits per heavy atom. The first-order chi connectivity index (χ1) is 12.2. The standard InChI is InChI=1S/C20H22FN3O/c21-17-7-5-15(6-8-17)13-24-19-4-2-1-3-18(19)22-20(24)23-11-9-16(14-25)10-12-23/h1-8,16,25H,9-14H2. The summed E-state index contributed by atoms with van der Waals surface area (Å²) in [7, 11) is 0. The van der Waals surface area contributed by atoms with E-state index in [0.717, 1.165) is 48.5 Å². The van der Waals surface area contributed by atoms with Crippen LogP contribution in [-0.4, -0.2) is 34.4 Å². The molecule has 0 spiro atoms. The molecule has 1 fully saturated rings. The fraction of sp³-hybridized carbons (Fsp3) is 0.350. The minimum Gasteiger partial charge on any atom is -0.396 e. The average molecular weight is 339 g/mol. The van der Waals surface area contributed by atoms with Gasteiger partial charge < -0.3 is 14.6 Å². The molecule has 5 heteroatoms. The van der Waals surface area contributed by atoms with Crippen molar-refractivity contribution in [3.05, 3.63) is 59.9 Å². The first-order valence-corrected chi connectivity index (χ1v) is 8.80. The monoisotopic (exact) mass is 339 g/mol. The van der Waals surface area contributed by atoms with Crippen LogP contribution >= 0.6 is 0 Å². The second-order valence-electron chi connectivity index (χ2n) is 6.73. The van der Waals surface area contributed by atoms with Gasteiger partial charge in [-0.05, 0) is 48.6 Å². The van der Waals surface area contributed by atoms with Crippen molar-refractivity contribution in [2.24, 2.45) is 5.92 Å². The number of halogens is 1. The predicted octanol–water partition coefficient (Wildman–Crippen LogP) is 3.43. The highest BCUT2D eigenvalue weighted by Crippen LogP contribution is 2.27. The number of piperidine rings is 1. The molecule has 2 heterocycles. The van der Waals surface area contributed by atoms with Crippen LogP contribution in [0, 0.1) is 11.7 Å². The van der Waals surface area contributed by atoms with Gasteiger partial charge in [0, 0.05) is 19.7 Å². The van der Waals surface area contributed by atoms with E-state index in [1.807, 2.05) is 30.3 Å². The van der Waals surface area contributed by atoms with Gasteiger partial charge >= 0.3 is 0 Å². The zero-order chi connectivity index (χ0) is 17.2. The maximum atomic E-state index is 13.2. The molecule has 1 aliphatic rings. The zero-order valence-electron chi connectivity index (χ0n) is 14.1. The molecule has 0 aliphatic carbocycles. The van der Waals surface area contributed by atoms with Crippen LogP contribution in [0.2, 0.25) is 0 Å². The van der Waals surface area contributed by atoms with Gasteiger partial charge in [0.25, 0.3) is 0 Å². The number of fused-ring (bicyclic) bond motifs is 1. The first-order valence-electron chi connectivity index (χ1n) is 8.80. The number of imidazole rings is 1. The molecule has 2 aromatic carbocycles. The van der Waals surface area contributed by atoms with Gasteiger partial charge in [0.2, 0.25) is 5.95 Å². The van der Waals surface area contributed by atoms with E-state index in [1.54, 1.807) is 0 Å². The number of aliphatic hydroxyl groups is 1. The van der Waals surface area contributed by atoms with Crippen LogP contribution in [0.15, 0.2) is 48.5 Å². The lowest BCUT2D eigenvalue weighted by atomic mass is 9.98. The van der Waals surface area contributed by atoms with Crippen molar-refractivity contribution in [2.75, 3.05) is 24.6 Å². The van der Waals surface area contributed by atoms with Gasteiger partial charge in [-0.1, -0.05) is 24.3 Å². The number of rotatable bonds is 4. The number of hydrogen-bond acceptors (Lipinski definition) is 3. The molecule has 0 unspecified atom stereocenters. The highest BCUT2D eigenvalue weighted by Gasteiger charge is 2.23. The smallest absolute Gasteiger partial charge is 0.206 e. The number of anilines is 1. The molecule has 0 bridgehead atoms. The summed E-state index contributed by atoms with van der Waals surface area (Å²) in [6.07, 6.45) is 1.96. The lowest BCUT2D eigenvalue weighted by molar-refractivity contribution is 0.202. The van der Waals surface area contributed by atoms with E-state index < -0.39 is 0 Å². The predicted molar refractivity (Wildman–Crippen MR) is 97.3 cm³/mol. The molecule has 0 radical (unpaired) electrons. The molecular weight excluding hydrogens is 317 g/mol. The molecule has 25 heavy (non-hydrogen) atoms. The number of nitrogens with zero attached hydrogens (tertiary/aromatic N) is 3. The Hall–Kier alpha value is -2.40. The van der Waals surface area contributed by atoms with Crippen LogP contribution in [0.5, 0.6) is 0 Å². The first kappa shape index (κ1) is 16.1. The van der Waals surface area contributed by atoms with E-state index >= 15 is 0 Å². The van der Waals surface area contributed by atoms with Crippen molar-refractivity contribution >= 4 is 17.0 Å².